The Morgan fingerprint density at radius 1 is 0.889 bits per heavy atom. The molecular formula is C23H19N3O. The zero-order valence-electron chi connectivity index (χ0n) is 15.0. The fourth-order valence-electron chi connectivity index (χ4n) is 2.80. The maximum atomic E-state index is 5.18. The van der Waals surface area contributed by atoms with Crippen LogP contribution in [0.3, 0.4) is 0 Å². The lowest BCUT2D eigenvalue weighted by Crippen LogP contribution is -1.90. The van der Waals surface area contributed by atoms with Crippen molar-refractivity contribution < 1.29 is 4.74 Å². The highest BCUT2D eigenvalue weighted by atomic mass is 16.5. The summed E-state index contributed by atoms with van der Waals surface area (Å²) in [5.74, 6) is 0.842. The first-order valence-corrected chi connectivity index (χ1v) is 8.70. The summed E-state index contributed by atoms with van der Waals surface area (Å²) in [6, 6.07) is 26.0. The number of anilines is 2. The lowest BCUT2D eigenvalue weighted by molar-refractivity contribution is 0.415. The number of aromatic nitrogens is 1. The van der Waals surface area contributed by atoms with Gasteiger partial charge in [-0.2, -0.15) is 0 Å². The Labute approximate surface area is 158 Å². The van der Waals surface area contributed by atoms with Crippen LogP contribution in [-0.2, 0) is 0 Å². The highest BCUT2D eigenvalue weighted by Crippen LogP contribution is 2.22. The molecule has 0 aliphatic heterocycles. The highest BCUT2D eigenvalue weighted by molar-refractivity contribution is 5.89. The molecule has 132 valence electrons. The van der Waals surface area contributed by atoms with Gasteiger partial charge in [-0.3, -0.25) is 9.98 Å². The second-order valence-electron chi connectivity index (χ2n) is 6.11. The Morgan fingerprint density at radius 3 is 2.37 bits per heavy atom. The number of rotatable bonds is 5. The Bertz CT molecular complexity index is 1070. The molecule has 0 saturated heterocycles. The van der Waals surface area contributed by atoms with E-state index in [-0.39, 0.29) is 0 Å². The molecule has 4 heteroatoms. The van der Waals surface area contributed by atoms with Crippen LogP contribution in [0.5, 0.6) is 5.75 Å². The summed E-state index contributed by atoms with van der Waals surface area (Å²) in [6.45, 7) is 0. The van der Waals surface area contributed by atoms with Gasteiger partial charge in [-0.15, -0.1) is 0 Å². The largest absolute Gasteiger partial charge is 0.497 e. The Balaban J connectivity index is 1.45. The summed E-state index contributed by atoms with van der Waals surface area (Å²) in [5, 5.41) is 4.47. The van der Waals surface area contributed by atoms with Crippen molar-refractivity contribution in [3.63, 3.8) is 0 Å². The van der Waals surface area contributed by atoms with E-state index < -0.39 is 0 Å². The van der Waals surface area contributed by atoms with Gasteiger partial charge in [-0.1, -0.05) is 12.1 Å². The molecule has 27 heavy (non-hydrogen) atoms. The van der Waals surface area contributed by atoms with Gasteiger partial charge in [-0.25, -0.2) is 0 Å². The maximum Gasteiger partial charge on any atom is 0.119 e. The minimum atomic E-state index is 0.842. The summed E-state index contributed by atoms with van der Waals surface area (Å²) in [5.41, 5.74) is 4.97. The Hall–Kier alpha value is -3.66. The highest BCUT2D eigenvalue weighted by Gasteiger charge is 1.98. The molecule has 0 amide bonds. The smallest absolute Gasteiger partial charge is 0.119 e. The molecule has 0 saturated carbocycles. The topological polar surface area (TPSA) is 46.5 Å². The van der Waals surface area contributed by atoms with Crippen molar-refractivity contribution >= 4 is 34.2 Å². The SMILES string of the molecule is COc1ccc(Nc2ccc(N=Cc3ccc4ncccc4c3)cc2)cc1. The van der Waals surface area contributed by atoms with Crippen LogP contribution in [0.1, 0.15) is 5.56 Å². The van der Waals surface area contributed by atoms with E-state index in [2.05, 4.69) is 27.4 Å². The fraction of sp³-hybridized carbons (Fsp3) is 0.0435. The molecule has 0 unspecified atom stereocenters. The number of hydrogen-bond acceptors (Lipinski definition) is 4. The second kappa shape index (κ2) is 7.70. The molecule has 0 fully saturated rings. The van der Waals surface area contributed by atoms with Gasteiger partial charge in [0.1, 0.15) is 5.75 Å². The Morgan fingerprint density at radius 2 is 1.63 bits per heavy atom. The molecule has 0 radical (unpaired) electrons. The van der Waals surface area contributed by atoms with Gasteiger partial charge in [0.05, 0.1) is 18.3 Å². The van der Waals surface area contributed by atoms with Crippen LogP contribution in [0.25, 0.3) is 10.9 Å². The molecule has 4 nitrogen and oxygen atoms in total. The average molecular weight is 353 g/mol. The van der Waals surface area contributed by atoms with Crippen LogP contribution in [0.4, 0.5) is 17.1 Å². The van der Waals surface area contributed by atoms with E-state index in [1.54, 1.807) is 13.3 Å². The van der Waals surface area contributed by atoms with E-state index in [0.29, 0.717) is 0 Å². The monoisotopic (exact) mass is 353 g/mol. The van der Waals surface area contributed by atoms with Gasteiger partial charge in [0, 0.05) is 29.2 Å². The second-order valence-corrected chi connectivity index (χ2v) is 6.11. The van der Waals surface area contributed by atoms with E-state index >= 15 is 0 Å². The number of hydrogen-bond donors (Lipinski definition) is 1. The standard InChI is InChI=1S/C23H19N3O/c1-27-22-11-9-21(10-12-22)26-20-7-5-19(6-8-20)25-16-17-4-13-23-18(15-17)3-2-14-24-23/h2-16,26H,1H3. The number of aliphatic imine (C=N–C) groups is 1. The first-order chi connectivity index (χ1) is 13.3. The molecule has 4 rings (SSSR count). The summed E-state index contributed by atoms with van der Waals surface area (Å²) in [4.78, 5) is 8.90. The van der Waals surface area contributed by atoms with Crippen molar-refractivity contribution in [2.75, 3.05) is 12.4 Å². The number of methoxy groups -OCH3 is 1. The minimum Gasteiger partial charge on any atom is -0.497 e. The van der Waals surface area contributed by atoms with E-state index in [4.69, 9.17) is 4.74 Å². The third-order valence-electron chi connectivity index (χ3n) is 4.24. The molecular weight excluding hydrogens is 334 g/mol. The molecule has 4 aromatic rings. The maximum absolute atomic E-state index is 5.18. The first kappa shape index (κ1) is 16.8. The van der Waals surface area contributed by atoms with Crippen LogP contribution in [0, 0.1) is 0 Å². The van der Waals surface area contributed by atoms with Crippen LogP contribution in [-0.4, -0.2) is 18.3 Å². The molecule has 3 aromatic carbocycles. The third kappa shape index (κ3) is 4.12. The molecule has 1 heterocycles. The normalized spacial score (nSPS) is 11.0. The number of nitrogens with one attached hydrogen (secondary N) is 1. The molecule has 0 spiro atoms. The number of ether oxygens (including phenoxy) is 1. The van der Waals surface area contributed by atoms with Crippen LogP contribution in [0.15, 0.2) is 90.1 Å². The summed E-state index contributed by atoms with van der Waals surface area (Å²) >= 11 is 0. The molecule has 1 aromatic heterocycles. The predicted molar refractivity (Wildman–Crippen MR) is 112 cm³/mol. The minimum absolute atomic E-state index is 0.842. The first-order valence-electron chi connectivity index (χ1n) is 8.70. The zero-order chi connectivity index (χ0) is 18.5. The van der Waals surface area contributed by atoms with Crippen LogP contribution in [0.2, 0.25) is 0 Å². The van der Waals surface area contributed by atoms with Gasteiger partial charge in [-0.05, 0) is 72.3 Å². The summed E-state index contributed by atoms with van der Waals surface area (Å²) in [7, 11) is 1.66. The van der Waals surface area contributed by atoms with Crippen molar-refractivity contribution in [2.24, 2.45) is 4.99 Å². The molecule has 0 aliphatic rings. The van der Waals surface area contributed by atoms with Crippen molar-refractivity contribution in [1.29, 1.82) is 0 Å². The number of pyridine rings is 1. The van der Waals surface area contributed by atoms with E-state index in [9.17, 15) is 0 Å². The molecule has 0 aliphatic carbocycles. The van der Waals surface area contributed by atoms with Crippen molar-refractivity contribution in [1.82, 2.24) is 4.98 Å². The van der Waals surface area contributed by atoms with Gasteiger partial charge < -0.3 is 10.1 Å². The number of nitrogens with zero attached hydrogens (tertiary/aromatic N) is 2. The van der Waals surface area contributed by atoms with E-state index in [1.165, 1.54) is 0 Å². The summed E-state index contributed by atoms with van der Waals surface area (Å²) in [6.07, 6.45) is 3.68. The van der Waals surface area contributed by atoms with Gasteiger partial charge in [0.2, 0.25) is 0 Å². The lowest BCUT2D eigenvalue weighted by atomic mass is 10.1. The van der Waals surface area contributed by atoms with E-state index in [1.807, 2.05) is 72.9 Å². The Kier molecular flexibility index (Phi) is 4.79. The molecule has 1 N–H and O–H groups in total. The lowest BCUT2D eigenvalue weighted by Gasteiger charge is -2.07. The molecule has 0 bridgehead atoms. The van der Waals surface area contributed by atoms with Crippen LogP contribution >= 0.6 is 0 Å². The fourth-order valence-corrected chi connectivity index (χ4v) is 2.80. The molecule has 0 atom stereocenters. The van der Waals surface area contributed by atoms with Gasteiger partial charge in [0.15, 0.2) is 0 Å². The van der Waals surface area contributed by atoms with Crippen LogP contribution < -0.4 is 10.1 Å². The predicted octanol–water partition coefficient (Wildman–Crippen LogP) is 5.74. The quantitative estimate of drug-likeness (QED) is 0.466. The van der Waals surface area contributed by atoms with Crippen molar-refractivity contribution in [3.05, 3.63) is 90.6 Å². The number of benzene rings is 3. The van der Waals surface area contributed by atoms with Gasteiger partial charge in [0.25, 0.3) is 0 Å². The third-order valence-corrected chi connectivity index (χ3v) is 4.24. The number of fused-ring (bicyclic) bond motifs is 1. The van der Waals surface area contributed by atoms with Gasteiger partial charge >= 0.3 is 0 Å². The average Bonchev–Trinajstić information content (AvgIpc) is 2.74. The zero-order valence-corrected chi connectivity index (χ0v) is 15.0. The summed E-state index contributed by atoms with van der Waals surface area (Å²) < 4.78 is 5.18. The van der Waals surface area contributed by atoms with E-state index in [0.717, 1.165) is 39.3 Å². The van der Waals surface area contributed by atoms with Crippen molar-refractivity contribution in [2.45, 2.75) is 0 Å². The van der Waals surface area contributed by atoms with Crippen molar-refractivity contribution in [3.8, 4) is 5.75 Å².